The van der Waals surface area contributed by atoms with Crippen molar-refractivity contribution in [2.45, 2.75) is 6.92 Å². The maximum atomic E-state index is 9.47. The zero-order valence-electron chi connectivity index (χ0n) is 7.08. The van der Waals surface area contributed by atoms with E-state index in [0.717, 1.165) is 20.9 Å². The quantitative estimate of drug-likeness (QED) is 0.765. The third-order valence-corrected chi connectivity index (χ3v) is 2.51. The van der Waals surface area contributed by atoms with Crippen LogP contribution in [-0.2, 0) is 0 Å². The van der Waals surface area contributed by atoms with E-state index >= 15 is 0 Å². The Kier molecular flexibility index (Phi) is 1.96. The first-order valence-corrected chi connectivity index (χ1v) is 4.71. The summed E-state index contributed by atoms with van der Waals surface area (Å²) in [6, 6.07) is 5.43. The van der Waals surface area contributed by atoms with Gasteiger partial charge in [0.25, 0.3) is 0 Å². The van der Waals surface area contributed by atoms with Gasteiger partial charge in [0.15, 0.2) is 0 Å². The summed E-state index contributed by atoms with van der Waals surface area (Å²) < 4.78 is 0.925. The first-order chi connectivity index (χ1) is 6.18. The van der Waals surface area contributed by atoms with Crippen molar-refractivity contribution in [3.8, 4) is 5.75 Å². The molecule has 2 aromatic rings. The van der Waals surface area contributed by atoms with E-state index in [1.54, 1.807) is 12.3 Å². The van der Waals surface area contributed by atoms with Crippen LogP contribution < -0.4 is 0 Å². The number of phenolic OH excluding ortho intramolecular Hbond substituents is 1. The number of hydrogen-bond acceptors (Lipinski definition) is 2. The van der Waals surface area contributed by atoms with E-state index in [1.165, 1.54) is 0 Å². The molecule has 0 unspecified atom stereocenters. The summed E-state index contributed by atoms with van der Waals surface area (Å²) in [5, 5.41) is 10.4. The van der Waals surface area contributed by atoms with Crippen LogP contribution in [-0.4, -0.2) is 10.1 Å². The molecule has 0 amide bonds. The Morgan fingerprint density at radius 1 is 1.38 bits per heavy atom. The third-order valence-electron chi connectivity index (χ3n) is 2.07. The summed E-state index contributed by atoms with van der Waals surface area (Å²) in [7, 11) is 0. The minimum atomic E-state index is 0.312. The predicted octanol–water partition coefficient (Wildman–Crippen LogP) is 3.01. The number of benzene rings is 1. The van der Waals surface area contributed by atoms with Gasteiger partial charge < -0.3 is 5.11 Å². The van der Waals surface area contributed by atoms with Crippen molar-refractivity contribution in [3.63, 3.8) is 0 Å². The van der Waals surface area contributed by atoms with Crippen molar-refractivity contribution < 1.29 is 5.11 Å². The normalized spacial score (nSPS) is 10.6. The molecular formula is C10H8BrNO. The van der Waals surface area contributed by atoms with Crippen molar-refractivity contribution >= 4 is 26.8 Å². The van der Waals surface area contributed by atoms with Crippen LogP contribution in [0.3, 0.4) is 0 Å². The van der Waals surface area contributed by atoms with Gasteiger partial charge in [0.2, 0.25) is 0 Å². The number of phenols is 1. The van der Waals surface area contributed by atoms with Gasteiger partial charge in [-0.25, -0.2) is 0 Å². The average Bonchev–Trinajstić information content (AvgIpc) is 2.12. The number of rotatable bonds is 0. The molecule has 0 fully saturated rings. The average molecular weight is 238 g/mol. The number of aromatic nitrogens is 1. The number of aromatic hydroxyl groups is 1. The van der Waals surface area contributed by atoms with Crippen LogP contribution in [0, 0.1) is 6.92 Å². The Balaban J connectivity index is 2.89. The van der Waals surface area contributed by atoms with Crippen LogP contribution >= 0.6 is 15.9 Å². The molecule has 0 aliphatic carbocycles. The summed E-state index contributed by atoms with van der Waals surface area (Å²) in [5.41, 5.74) is 1.77. The maximum absolute atomic E-state index is 9.47. The Morgan fingerprint density at radius 3 is 2.92 bits per heavy atom. The summed E-state index contributed by atoms with van der Waals surface area (Å²) in [5.74, 6) is 0.312. The molecule has 2 nitrogen and oxygen atoms in total. The predicted molar refractivity (Wildman–Crippen MR) is 55.8 cm³/mol. The Bertz CT molecular complexity index is 462. The lowest BCUT2D eigenvalue weighted by atomic mass is 10.1. The van der Waals surface area contributed by atoms with Crippen molar-refractivity contribution in [3.05, 3.63) is 34.4 Å². The second-order valence-corrected chi connectivity index (χ2v) is 3.85. The van der Waals surface area contributed by atoms with E-state index in [0.29, 0.717) is 5.75 Å². The van der Waals surface area contributed by atoms with Crippen LogP contribution in [0.1, 0.15) is 5.56 Å². The molecular weight excluding hydrogens is 230 g/mol. The highest BCUT2D eigenvalue weighted by Gasteiger charge is 2.02. The SMILES string of the molecule is Cc1c(O)ccc2ncc(Br)cc12. The molecule has 0 saturated carbocycles. The first kappa shape index (κ1) is 8.51. The van der Waals surface area contributed by atoms with Crippen LogP contribution in [0.2, 0.25) is 0 Å². The Hall–Kier alpha value is -1.09. The van der Waals surface area contributed by atoms with Gasteiger partial charge in [0.1, 0.15) is 5.75 Å². The zero-order chi connectivity index (χ0) is 9.42. The summed E-state index contributed by atoms with van der Waals surface area (Å²) >= 11 is 3.35. The molecule has 0 radical (unpaired) electrons. The third kappa shape index (κ3) is 1.40. The van der Waals surface area contributed by atoms with E-state index in [-0.39, 0.29) is 0 Å². The highest BCUT2D eigenvalue weighted by Crippen LogP contribution is 2.26. The standard InChI is InChI=1S/C10H8BrNO/c1-6-8-4-7(11)5-12-9(8)2-3-10(6)13/h2-5,13H,1H3. The number of halogens is 1. The smallest absolute Gasteiger partial charge is 0.119 e. The van der Waals surface area contributed by atoms with Gasteiger partial charge in [0, 0.05) is 21.6 Å². The molecule has 0 aliphatic heterocycles. The van der Waals surface area contributed by atoms with Gasteiger partial charge in [-0.3, -0.25) is 4.98 Å². The van der Waals surface area contributed by atoms with E-state index in [1.807, 2.05) is 19.1 Å². The molecule has 13 heavy (non-hydrogen) atoms. The van der Waals surface area contributed by atoms with Gasteiger partial charge in [-0.2, -0.15) is 0 Å². The molecule has 1 N–H and O–H groups in total. The molecule has 0 saturated heterocycles. The minimum Gasteiger partial charge on any atom is -0.508 e. The largest absolute Gasteiger partial charge is 0.508 e. The highest BCUT2D eigenvalue weighted by atomic mass is 79.9. The van der Waals surface area contributed by atoms with Crippen molar-refractivity contribution in [2.75, 3.05) is 0 Å². The summed E-state index contributed by atoms with van der Waals surface area (Å²) in [6.07, 6.45) is 1.75. The lowest BCUT2D eigenvalue weighted by Gasteiger charge is -2.03. The van der Waals surface area contributed by atoms with Crippen LogP contribution in [0.5, 0.6) is 5.75 Å². The number of nitrogens with zero attached hydrogens (tertiary/aromatic N) is 1. The van der Waals surface area contributed by atoms with Gasteiger partial charge in [-0.1, -0.05) is 0 Å². The molecule has 1 aromatic heterocycles. The molecule has 3 heteroatoms. The van der Waals surface area contributed by atoms with Gasteiger partial charge in [0.05, 0.1) is 5.52 Å². The van der Waals surface area contributed by atoms with Gasteiger partial charge >= 0.3 is 0 Å². The molecule has 1 heterocycles. The minimum absolute atomic E-state index is 0.312. The van der Waals surface area contributed by atoms with Gasteiger partial charge in [-0.15, -0.1) is 0 Å². The number of aryl methyl sites for hydroxylation is 1. The van der Waals surface area contributed by atoms with E-state index < -0.39 is 0 Å². The molecule has 66 valence electrons. The lowest BCUT2D eigenvalue weighted by Crippen LogP contribution is -1.83. The van der Waals surface area contributed by atoms with Crippen molar-refractivity contribution in [1.29, 1.82) is 0 Å². The van der Waals surface area contributed by atoms with E-state index in [2.05, 4.69) is 20.9 Å². The topological polar surface area (TPSA) is 33.1 Å². The van der Waals surface area contributed by atoms with Gasteiger partial charge in [-0.05, 0) is 41.1 Å². The molecule has 0 atom stereocenters. The number of fused-ring (bicyclic) bond motifs is 1. The fourth-order valence-corrected chi connectivity index (χ4v) is 1.64. The van der Waals surface area contributed by atoms with E-state index in [4.69, 9.17) is 0 Å². The van der Waals surface area contributed by atoms with Crippen molar-refractivity contribution in [1.82, 2.24) is 4.98 Å². The van der Waals surface area contributed by atoms with Crippen molar-refractivity contribution in [2.24, 2.45) is 0 Å². The molecule has 1 aromatic carbocycles. The maximum Gasteiger partial charge on any atom is 0.119 e. The first-order valence-electron chi connectivity index (χ1n) is 3.92. The second-order valence-electron chi connectivity index (χ2n) is 2.93. The molecule has 0 aliphatic rings. The summed E-state index contributed by atoms with van der Waals surface area (Å²) in [4.78, 5) is 4.22. The highest BCUT2D eigenvalue weighted by molar-refractivity contribution is 9.10. The fourth-order valence-electron chi connectivity index (χ4n) is 1.30. The Morgan fingerprint density at radius 2 is 2.15 bits per heavy atom. The fraction of sp³-hybridized carbons (Fsp3) is 0.100. The molecule has 0 spiro atoms. The van der Waals surface area contributed by atoms with E-state index in [9.17, 15) is 5.11 Å². The lowest BCUT2D eigenvalue weighted by molar-refractivity contribution is 0.472. The molecule has 2 rings (SSSR count). The zero-order valence-corrected chi connectivity index (χ0v) is 8.67. The Labute approximate surface area is 84.4 Å². The number of pyridine rings is 1. The van der Waals surface area contributed by atoms with Crippen LogP contribution in [0.15, 0.2) is 28.9 Å². The second kappa shape index (κ2) is 3.00. The summed E-state index contributed by atoms with van der Waals surface area (Å²) in [6.45, 7) is 1.88. The van der Waals surface area contributed by atoms with Crippen LogP contribution in [0.4, 0.5) is 0 Å². The van der Waals surface area contributed by atoms with Crippen LogP contribution in [0.25, 0.3) is 10.9 Å². The monoisotopic (exact) mass is 237 g/mol. The number of hydrogen-bond donors (Lipinski definition) is 1. The molecule has 0 bridgehead atoms.